The Balaban J connectivity index is 0.00000288. The minimum absolute atomic E-state index is 0. The summed E-state index contributed by atoms with van der Waals surface area (Å²) in [5, 5.41) is 6.88. The van der Waals surface area contributed by atoms with E-state index in [9.17, 15) is 0 Å². The highest BCUT2D eigenvalue weighted by Gasteiger charge is 2.09. The van der Waals surface area contributed by atoms with Crippen molar-refractivity contribution < 1.29 is 4.42 Å². The minimum Gasteiger partial charge on any atom is -0.469 e. The van der Waals surface area contributed by atoms with Gasteiger partial charge in [0.15, 0.2) is 5.96 Å². The van der Waals surface area contributed by atoms with Gasteiger partial charge in [-0.1, -0.05) is 20.3 Å². The van der Waals surface area contributed by atoms with Crippen LogP contribution in [0.15, 0.2) is 27.8 Å². The lowest BCUT2D eigenvalue weighted by atomic mass is 10.1. The van der Waals surface area contributed by atoms with Crippen molar-refractivity contribution in [1.29, 1.82) is 0 Å². The van der Waals surface area contributed by atoms with Crippen molar-refractivity contribution in [3.63, 3.8) is 0 Å². The van der Waals surface area contributed by atoms with Gasteiger partial charge in [0.1, 0.15) is 5.76 Å². The van der Waals surface area contributed by atoms with Crippen LogP contribution in [0, 0.1) is 5.92 Å². The molecule has 0 amide bonds. The summed E-state index contributed by atoms with van der Waals surface area (Å²) < 4.78 is 5.37. The van der Waals surface area contributed by atoms with E-state index in [-0.39, 0.29) is 24.0 Å². The quantitative estimate of drug-likeness (QED) is 0.365. The second-order valence-corrected chi connectivity index (χ2v) is 6.67. The molecule has 2 rings (SSSR count). The fraction of sp³-hybridized carbons (Fsp3) is 0.722. The summed E-state index contributed by atoms with van der Waals surface area (Å²) in [6, 6.07) is 3.94. The first-order valence-corrected chi connectivity index (χ1v) is 9.01. The Bertz CT molecular complexity index is 442. The number of hydrogen-bond donors (Lipinski definition) is 2. The van der Waals surface area contributed by atoms with Crippen molar-refractivity contribution in [2.24, 2.45) is 10.9 Å². The van der Waals surface area contributed by atoms with Crippen LogP contribution < -0.4 is 10.6 Å². The van der Waals surface area contributed by atoms with Gasteiger partial charge >= 0.3 is 0 Å². The Labute approximate surface area is 163 Å². The number of furan rings is 1. The molecule has 0 saturated carbocycles. The van der Waals surface area contributed by atoms with Gasteiger partial charge in [0.25, 0.3) is 0 Å². The van der Waals surface area contributed by atoms with Crippen LogP contribution in [0.1, 0.15) is 38.9 Å². The molecule has 1 aromatic rings. The summed E-state index contributed by atoms with van der Waals surface area (Å²) >= 11 is 0. The number of piperidine rings is 1. The third kappa shape index (κ3) is 8.92. The van der Waals surface area contributed by atoms with Crippen LogP contribution in [-0.4, -0.2) is 50.1 Å². The Morgan fingerprint density at radius 1 is 1.21 bits per heavy atom. The van der Waals surface area contributed by atoms with Gasteiger partial charge < -0.3 is 20.0 Å². The first-order chi connectivity index (χ1) is 11.2. The standard InChI is InChI=1S/C18H32N4O.HI/c1-16(2)15-21-18(19-9-8-17-7-6-14-23-17)20-10-13-22-11-4-3-5-12-22;/h6-7,14,16H,3-5,8-13,15H2,1-2H3,(H2,19,20,21);1H. The van der Waals surface area contributed by atoms with Gasteiger partial charge in [0.2, 0.25) is 0 Å². The maximum atomic E-state index is 5.37. The second-order valence-electron chi connectivity index (χ2n) is 6.67. The summed E-state index contributed by atoms with van der Waals surface area (Å²) in [6.07, 6.45) is 6.67. The number of rotatable bonds is 8. The van der Waals surface area contributed by atoms with Gasteiger partial charge in [0, 0.05) is 32.6 Å². The highest BCUT2D eigenvalue weighted by molar-refractivity contribution is 14.0. The van der Waals surface area contributed by atoms with E-state index < -0.39 is 0 Å². The highest BCUT2D eigenvalue weighted by atomic mass is 127. The molecule has 6 heteroatoms. The molecule has 0 unspecified atom stereocenters. The van der Waals surface area contributed by atoms with E-state index in [0.29, 0.717) is 5.92 Å². The maximum Gasteiger partial charge on any atom is 0.191 e. The zero-order chi connectivity index (χ0) is 16.3. The van der Waals surface area contributed by atoms with Crippen LogP contribution >= 0.6 is 24.0 Å². The molecular weight excluding hydrogens is 415 g/mol. The Hall–Kier alpha value is -0.760. The normalized spacial score (nSPS) is 16.0. The predicted molar refractivity (Wildman–Crippen MR) is 111 cm³/mol. The van der Waals surface area contributed by atoms with Crippen LogP contribution in [0.25, 0.3) is 0 Å². The zero-order valence-corrected chi connectivity index (χ0v) is 17.4. The molecule has 0 bridgehead atoms. The second kappa shape index (κ2) is 12.6. The minimum atomic E-state index is 0. The fourth-order valence-corrected chi connectivity index (χ4v) is 2.72. The summed E-state index contributed by atoms with van der Waals surface area (Å²) in [5.41, 5.74) is 0. The molecule has 138 valence electrons. The number of aliphatic imine (C=N–C) groups is 1. The van der Waals surface area contributed by atoms with Gasteiger partial charge in [-0.2, -0.15) is 0 Å². The van der Waals surface area contributed by atoms with E-state index in [1.165, 1.54) is 32.4 Å². The van der Waals surface area contributed by atoms with E-state index >= 15 is 0 Å². The molecule has 1 aliphatic rings. The number of guanidine groups is 1. The molecule has 1 aliphatic heterocycles. The van der Waals surface area contributed by atoms with Crippen LogP contribution in [0.5, 0.6) is 0 Å². The lowest BCUT2D eigenvalue weighted by Gasteiger charge is -2.26. The Morgan fingerprint density at radius 3 is 2.62 bits per heavy atom. The van der Waals surface area contributed by atoms with Gasteiger partial charge in [-0.05, 0) is 44.0 Å². The summed E-state index contributed by atoms with van der Waals surface area (Å²) in [7, 11) is 0. The van der Waals surface area contributed by atoms with Crippen molar-refractivity contribution >= 4 is 29.9 Å². The van der Waals surface area contributed by atoms with Crippen molar-refractivity contribution in [2.75, 3.05) is 39.3 Å². The Morgan fingerprint density at radius 2 is 1.96 bits per heavy atom. The molecule has 0 radical (unpaired) electrons. The lowest BCUT2D eigenvalue weighted by molar-refractivity contribution is 0.232. The van der Waals surface area contributed by atoms with Crippen molar-refractivity contribution in [2.45, 2.75) is 39.5 Å². The third-order valence-electron chi connectivity index (χ3n) is 4.03. The number of nitrogens with one attached hydrogen (secondary N) is 2. The van der Waals surface area contributed by atoms with E-state index in [0.717, 1.165) is 44.3 Å². The topological polar surface area (TPSA) is 52.8 Å². The van der Waals surface area contributed by atoms with Gasteiger partial charge in [-0.25, -0.2) is 0 Å². The molecule has 1 fully saturated rings. The molecule has 24 heavy (non-hydrogen) atoms. The van der Waals surface area contributed by atoms with Crippen LogP contribution in [0.4, 0.5) is 0 Å². The van der Waals surface area contributed by atoms with Gasteiger partial charge in [0.05, 0.1) is 6.26 Å². The van der Waals surface area contributed by atoms with E-state index in [1.54, 1.807) is 6.26 Å². The summed E-state index contributed by atoms with van der Waals surface area (Å²) in [6.45, 7) is 10.6. The molecule has 1 aromatic heterocycles. The van der Waals surface area contributed by atoms with E-state index in [1.807, 2.05) is 12.1 Å². The molecule has 1 saturated heterocycles. The van der Waals surface area contributed by atoms with E-state index in [4.69, 9.17) is 4.42 Å². The largest absolute Gasteiger partial charge is 0.469 e. The molecule has 2 N–H and O–H groups in total. The smallest absolute Gasteiger partial charge is 0.191 e. The highest BCUT2D eigenvalue weighted by Crippen LogP contribution is 2.07. The molecule has 0 spiro atoms. The number of likely N-dealkylation sites (tertiary alicyclic amines) is 1. The molecule has 2 heterocycles. The summed E-state index contributed by atoms with van der Waals surface area (Å²) in [5.74, 6) is 2.50. The first kappa shape index (κ1) is 21.3. The number of hydrogen-bond acceptors (Lipinski definition) is 3. The zero-order valence-electron chi connectivity index (χ0n) is 15.1. The molecular formula is C18H33IN4O. The molecule has 0 aromatic carbocycles. The average molecular weight is 448 g/mol. The van der Waals surface area contributed by atoms with Gasteiger partial charge in [-0.15, -0.1) is 24.0 Å². The van der Waals surface area contributed by atoms with E-state index in [2.05, 4.69) is 34.4 Å². The van der Waals surface area contributed by atoms with Crippen molar-refractivity contribution in [3.05, 3.63) is 24.2 Å². The maximum absolute atomic E-state index is 5.37. The molecule has 0 aliphatic carbocycles. The average Bonchev–Trinajstić information content (AvgIpc) is 3.06. The Kier molecular flexibility index (Phi) is 11.2. The van der Waals surface area contributed by atoms with Crippen molar-refractivity contribution in [3.8, 4) is 0 Å². The van der Waals surface area contributed by atoms with Crippen molar-refractivity contribution in [1.82, 2.24) is 15.5 Å². The lowest BCUT2D eigenvalue weighted by Crippen LogP contribution is -2.43. The number of halogens is 1. The molecule has 0 atom stereocenters. The summed E-state index contributed by atoms with van der Waals surface area (Å²) in [4.78, 5) is 7.21. The third-order valence-corrected chi connectivity index (χ3v) is 4.03. The first-order valence-electron chi connectivity index (χ1n) is 9.01. The van der Waals surface area contributed by atoms with Crippen LogP contribution in [0.3, 0.4) is 0 Å². The number of nitrogens with zero attached hydrogens (tertiary/aromatic N) is 2. The van der Waals surface area contributed by atoms with Crippen LogP contribution in [-0.2, 0) is 6.42 Å². The molecule has 5 nitrogen and oxygen atoms in total. The monoisotopic (exact) mass is 448 g/mol. The van der Waals surface area contributed by atoms with Crippen LogP contribution in [0.2, 0.25) is 0 Å². The van der Waals surface area contributed by atoms with Gasteiger partial charge in [-0.3, -0.25) is 4.99 Å². The SMILES string of the molecule is CC(C)CN=C(NCCc1ccco1)NCCN1CCCCC1.I. The predicted octanol–water partition coefficient (Wildman–Crippen LogP) is 3.12. The fourth-order valence-electron chi connectivity index (χ4n) is 2.72.